The lowest BCUT2D eigenvalue weighted by Crippen LogP contribution is -2.24. The van der Waals surface area contributed by atoms with Gasteiger partial charge in [-0.1, -0.05) is 39.8 Å². The second-order valence-corrected chi connectivity index (χ2v) is 9.72. The van der Waals surface area contributed by atoms with E-state index in [4.69, 9.17) is 4.74 Å². The van der Waals surface area contributed by atoms with Crippen molar-refractivity contribution in [2.75, 3.05) is 12.9 Å². The molecule has 0 aliphatic rings. The molecule has 0 bridgehead atoms. The highest BCUT2D eigenvalue weighted by molar-refractivity contribution is 9.10. The second-order valence-electron chi connectivity index (χ2n) is 7.00. The molecule has 0 saturated heterocycles. The van der Waals surface area contributed by atoms with Crippen LogP contribution in [0.3, 0.4) is 0 Å². The van der Waals surface area contributed by atoms with E-state index in [1.54, 1.807) is 37.6 Å². The van der Waals surface area contributed by atoms with Crippen LogP contribution in [0.2, 0.25) is 0 Å². The predicted octanol–water partition coefficient (Wildman–Crippen LogP) is 5.16. The summed E-state index contributed by atoms with van der Waals surface area (Å²) < 4.78 is 8.40. The Bertz CT molecular complexity index is 1440. The maximum Gasteiger partial charge on any atom is 0.266 e. The van der Waals surface area contributed by atoms with Crippen molar-refractivity contribution in [3.63, 3.8) is 0 Å². The first-order chi connectivity index (χ1) is 16.5. The molecule has 0 unspecified atom stereocenters. The number of nitrogens with zero attached hydrogens (tertiary/aromatic N) is 3. The van der Waals surface area contributed by atoms with E-state index in [1.807, 2.05) is 42.5 Å². The Balaban J connectivity index is 1.53. The minimum atomic E-state index is -0.321. The van der Waals surface area contributed by atoms with Gasteiger partial charge < -0.3 is 4.74 Å². The number of hydrogen-bond acceptors (Lipinski definition) is 6. The van der Waals surface area contributed by atoms with E-state index in [0.29, 0.717) is 27.5 Å². The van der Waals surface area contributed by atoms with E-state index in [0.717, 1.165) is 14.5 Å². The van der Waals surface area contributed by atoms with Crippen LogP contribution in [0.4, 0.5) is 0 Å². The summed E-state index contributed by atoms with van der Waals surface area (Å²) in [6.45, 7) is 0. The molecule has 10 heteroatoms. The zero-order valence-electron chi connectivity index (χ0n) is 17.9. The molecule has 172 valence electrons. The third-order valence-electron chi connectivity index (χ3n) is 4.74. The van der Waals surface area contributed by atoms with Crippen LogP contribution in [-0.2, 0) is 4.79 Å². The molecule has 1 N–H and O–H groups in total. The maximum atomic E-state index is 13.2. The molecule has 0 fully saturated rings. The molecule has 34 heavy (non-hydrogen) atoms. The van der Waals surface area contributed by atoms with Crippen LogP contribution in [0.25, 0.3) is 16.6 Å². The van der Waals surface area contributed by atoms with Crippen LogP contribution >= 0.6 is 43.6 Å². The van der Waals surface area contributed by atoms with E-state index in [-0.39, 0.29) is 17.2 Å². The van der Waals surface area contributed by atoms with Crippen molar-refractivity contribution in [3.8, 4) is 11.4 Å². The largest absolute Gasteiger partial charge is 0.496 e. The minimum absolute atomic E-state index is 0.0327. The number of hydrazone groups is 1. The van der Waals surface area contributed by atoms with Crippen LogP contribution in [0.1, 0.15) is 5.56 Å². The average Bonchev–Trinajstić information content (AvgIpc) is 2.84. The summed E-state index contributed by atoms with van der Waals surface area (Å²) in [6.07, 6.45) is 1.54. The lowest BCUT2D eigenvalue weighted by Gasteiger charge is -2.13. The van der Waals surface area contributed by atoms with Gasteiger partial charge in [0.1, 0.15) is 5.75 Å². The second kappa shape index (κ2) is 11.0. The van der Waals surface area contributed by atoms with Crippen LogP contribution in [-0.4, -0.2) is 34.5 Å². The molecule has 4 aromatic rings. The highest BCUT2D eigenvalue weighted by Crippen LogP contribution is 2.25. The lowest BCUT2D eigenvalue weighted by atomic mass is 10.2. The van der Waals surface area contributed by atoms with Crippen molar-refractivity contribution in [3.05, 3.63) is 91.6 Å². The van der Waals surface area contributed by atoms with Crippen LogP contribution in [0, 0.1) is 0 Å². The van der Waals surface area contributed by atoms with Gasteiger partial charge >= 0.3 is 0 Å². The van der Waals surface area contributed by atoms with E-state index in [9.17, 15) is 9.59 Å². The molecule has 1 amide bonds. The molecule has 4 rings (SSSR count). The number of fused-ring (bicyclic) bond motifs is 1. The van der Waals surface area contributed by atoms with Crippen LogP contribution in [0.15, 0.2) is 90.7 Å². The van der Waals surface area contributed by atoms with Gasteiger partial charge in [-0.05, 0) is 76.1 Å². The number of thioether (sulfide) groups is 1. The molecule has 0 spiro atoms. The molecule has 0 saturated carbocycles. The topological polar surface area (TPSA) is 85.6 Å². The number of ether oxygens (including phenoxy) is 1. The van der Waals surface area contributed by atoms with Gasteiger partial charge in [-0.25, -0.2) is 10.4 Å². The Kier molecular flexibility index (Phi) is 7.81. The van der Waals surface area contributed by atoms with Gasteiger partial charge in [0.15, 0.2) is 5.16 Å². The first kappa shape index (κ1) is 24.2. The molecule has 7 nitrogen and oxygen atoms in total. The molecule has 0 aliphatic heterocycles. The Morgan fingerprint density at radius 3 is 2.65 bits per heavy atom. The van der Waals surface area contributed by atoms with Crippen molar-refractivity contribution >= 4 is 66.6 Å². The number of halogens is 2. The number of aromatic nitrogens is 2. The summed E-state index contributed by atoms with van der Waals surface area (Å²) in [5.74, 6) is 0.418. The first-order valence-electron chi connectivity index (χ1n) is 10.0. The molecule has 0 radical (unpaired) electrons. The van der Waals surface area contributed by atoms with Gasteiger partial charge in [-0.3, -0.25) is 14.2 Å². The van der Waals surface area contributed by atoms with Crippen LogP contribution < -0.4 is 15.7 Å². The van der Waals surface area contributed by atoms with Gasteiger partial charge in [-0.2, -0.15) is 5.10 Å². The quantitative estimate of drug-likeness (QED) is 0.137. The number of amides is 1. The van der Waals surface area contributed by atoms with Crippen molar-refractivity contribution in [1.29, 1.82) is 0 Å². The minimum Gasteiger partial charge on any atom is -0.496 e. The third-order valence-corrected chi connectivity index (χ3v) is 6.83. The molecule has 0 aliphatic carbocycles. The normalized spacial score (nSPS) is 11.1. The number of para-hydroxylation sites is 1. The number of carbonyl (C=O) groups excluding carboxylic acids is 1. The lowest BCUT2D eigenvalue weighted by molar-refractivity contribution is -0.118. The smallest absolute Gasteiger partial charge is 0.266 e. The molecule has 0 atom stereocenters. The SMILES string of the molecule is COc1ccc(/C=N/NC(=O)CSc2nc3ccccc3c(=O)n2-c2ccc(Br)cc2)cc1Br. The van der Waals surface area contributed by atoms with Crippen molar-refractivity contribution in [2.24, 2.45) is 5.10 Å². The predicted molar refractivity (Wildman–Crippen MR) is 142 cm³/mol. The summed E-state index contributed by atoms with van der Waals surface area (Å²) >= 11 is 8.00. The summed E-state index contributed by atoms with van der Waals surface area (Å²) in [5.41, 5.74) is 4.35. The fraction of sp³-hybridized carbons (Fsp3) is 0.0833. The maximum absolute atomic E-state index is 13.2. The van der Waals surface area contributed by atoms with Crippen LogP contribution in [0.5, 0.6) is 5.75 Å². The first-order valence-corrected chi connectivity index (χ1v) is 12.6. The van der Waals surface area contributed by atoms with Gasteiger partial charge in [0.25, 0.3) is 11.5 Å². The van der Waals surface area contributed by atoms with Gasteiger partial charge in [0.05, 0.1) is 40.1 Å². The van der Waals surface area contributed by atoms with Gasteiger partial charge in [0.2, 0.25) is 0 Å². The zero-order valence-corrected chi connectivity index (χ0v) is 21.9. The third kappa shape index (κ3) is 5.57. The van der Waals surface area contributed by atoms with E-state index in [2.05, 4.69) is 47.4 Å². The molecule has 1 heterocycles. The van der Waals surface area contributed by atoms with Gasteiger partial charge in [0, 0.05) is 4.47 Å². The Labute approximate surface area is 216 Å². The molecular formula is C24H18Br2N4O3S. The van der Waals surface area contributed by atoms with Crippen molar-refractivity contribution in [2.45, 2.75) is 5.16 Å². The highest BCUT2D eigenvalue weighted by atomic mass is 79.9. The van der Waals surface area contributed by atoms with Crippen molar-refractivity contribution < 1.29 is 9.53 Å². The summed E-state index contributed by atoms with van der Waals surface area (Å²) in [7, 11) is 1.59. The number of benzene rings is 3. The molecule has 3 aromatic carbocycles. The molecular weight excluding hydrogens is 584 g/mol. The highest BCUT2D eigenvalue weighted by Gasteiger charge is 2.14. The monoisotopic (exact) mass is 600 g/mol. The number of methoxy groups -OCH3 is 1. The Morgan fingerprint density at radius 2 is 1.91 bits per heavy atom. The number of hydrogen-bond donors (Lipinski definition) is 1. The number of nitrogens with one attached hydrogen (secondary N) is 1. The van der Waals surface area contributed by atoms with E-state index >= 15 is 0 Å². The van der Waals surface area contributed by atoms with E-state index in [1.165, 1.54) is 16.3 Å². The van der Waals surface area contributed by atoms with E-state index < -0.39 is 0 Å². The fourth-order valence-electron chi connectivity index (χ4n) is 3.13. The summed E-state index contributed by atoms with van der Waals surface area (Å²) in [6, 6.07) is 20.0. The Morgan fingerprint density at radius 1 is 1.15 bits per heavy atom. The number of carbonyl (C=O) groups is 1. The molecule has 1 aromatic heterocycles. The zero-order chi connectivity index (χ0) is 24.1. The number of rotatable bonds is 7. The van der Waals surface area contributed by atoms with Gasteiger partial charge in [-0.15, -0.1) is 0 Å². The standard InChI is InChI=1S/C24H18Br2N4O3S/c1-33-21-11-6-15(12-19(21)26)13-27-29-22(31)14-34-24-28-20-5-3-2-4-18(20)23(32)30(24)17-9-7-16(25)8-10-17/h2-13H,14H2,1H3,(H,29,31)/b27-13+. The van der Waals surface area contributed by atoms with Crippen molar-refractivity contribution in [1.82, 2.24) is 15.0 Å². The summed E-state index contributed by atoms with van der Waals surface area (Å²) in [5, 5.41) is 4.94. The average molecular weight is 602 g/mol. The Hall–Kier alpha value is -2.95. The fourth-order valence-corrected chi connectivity index (χ4v) is 4.76. The summed E-state index contributed by atoms with van der Waals surface area (Å²) in [4.78, 5) is 30.3.